The third-order valence-corrected chi connectivity index (χ3v) is 5.00. The van der Waals surface area contributed by atoms with Crippen molar-refractivity contribution >= 4 is 23.4 Å². The molecule has 1 aromatic rings. The summed E-state index contributed by atoms with van der Waals surface area (Å²) in [5.41, 5.74) is 6.26. The zero-order valence-corrected chi connectivity index (χ0v) is 16.1. The van der Waals surface area contributed by atoms with Crippen molar-refractivity contribution in [2.75, 3.05) is 33.2 Å². The van der Waals surface area contributed by atoms with Crippen molar-refractivity contribution in [1.82, 2.24) is 9.80 Å². The van der Waals surface area contributed by atoms with Crippen LogP contribution in [0, 0.1) is 11.3 Å². The summed E-state index contributed by atoms with van der Waals surface area (Å²) in [5.74, 6) is -0.0992. The number of hydrogen-bond acceptors (Lipinski definition) is 3. The molecule has 2 rings (SSSR count). The lowest BCUT2D eigenvalue weighted by Gasteiger charge is -2.36. The van der Waals surface area contributed by atoms with Gasteiger partial charge in [0, 0.05) is 37.3 Å². The number of carbonyl (C=O) groups excluding carboxylic acids is 2. The van der Waals surface area contributed by atoms with Crippen LogP contribution in [-0.4, -0.2) is 54.8 Å². The van der Waals surface area contributed by atoms with Gasteiger partial charge in [0.25, 0.3) is 5.91 Å². The lowest BCUT2D eigenvalue weighted by Crippen LogP contribution is -2.48. The Morgan fingerprint density at radius 3 is 2.56 bits per heavy atom. The van der Waals surface area contributed by atoms with Gasteiger partial charge in [-0.05, 0) is 49.1 Å². The van der Waals surface area contributed by atoms with E-state index in [2.05, 4.69) is 0 Å². The molecule has 1 saturated heterocycles. The maximum Gasteiger partial charge on any atom is 0.253 e. The Kier molecular flexibility index (Phi) is 6.47. The van der Waals surface area contributed by atoms with Crippen LogP contribution in [0.2, 0.25) is 5.02 Å². The third-order valence-electron chi connectivity index (χ3n) is 4.74. The number of nitrogens with zero attached hydrogens (tertiary/aromatic N) is 2. The molecule has 1 aromatic carbocycles. The van der Waals surface area contributed by atoms with Gasteiger partial charge < -0.3 is 15.5 Å². The molecule has 1 fully saturated rings. The molecule has 0 radical (unpaired) electrons. The van der Waals surface area contributed by atoms with Crippen LogP contribution in [0.25, 0.3) is 0 Å². The molecule has 0 bridgehead atoms. The normalized spacial score (nSPS) is 18.1. The van der Waals surface area contributed by atoms with E-state index in [0.717, 1.165) is 12.8 Å². The number of likely N-dealkylation sites (tertiary alicyclic amines) is 1. The van der Waals surface area contributed by atoms with Gasteiger partial charge in [-0.25, -0.2) is 0 Å². The average molecular weight is 366 g/mol. The van der Waals surface area contributed by atoms with Gasteiger partial charge in [0.2, 0.25) is 5.91 Å². The van der Waals surface area contributed by atoms with Gasteiger partial charge in [0.05, 0.1) is 5.92 Å². The van der Waals surface area contributed by atoms with Crippen LogP contribution in [0.3, 0.4) is 0 Å². The van der Waals surface area contributed by atoms with Gasteiger partial charge in [0.1, 0.15) is 0 Å². The summed E-state index contributed by atoms with van der Waals surface area (Å²) in [6.45, 7) is 6.39. The molecule has 1 atom stereocenters. The molecule has 1 heterocycles. The molecule has 1 aliphatic rings. The van der Waals surface area contributed by atoms with Gasteiger partial charge >= 0.3 is 0 Å². The van der Waals surface area contributed by atoms with E-state index in [0.29, 0.717) is 36.8 Å². The van der Waals surface area contributed by atoms with Crippen LogP contribution in [0.1, 0.15) is 37.0 Å². The SMILES string of the molecule is CN(CC(C)(C)CN)C(=O)C1CCCN(C(=O)c2ccc(Cl)cc2)C1. The summed E-state index contributed by atoms with van der Waals surface area (Å²) in [6.07, 6.45) is 1.65. The zero-order chi connectivity index (χ0) is 18.6. The minimum atomic E-state index is -0.149. The predicted octanol–water partition coefficient (Wildman–Crippen LogP) is 2.64. The minimum Gasteiger partial charge on any atom is -0.345 e. The van der Waals surface area contributed by atoms with Crippen molar-refractivity contribution in [2.24, 2.45) is 17.1 Å². The summed E-state index contributed by atoms with van der Waals surface area (Å²) in [7, 11) is 1.82. The topological polar surface area (TPSA) is 66.6 Å². The van der Waals surface area contributed by atoms with E-state index in [1.165, 1.54) is 0 Å². The Morgan fingerprint density at radius 2 is 1.96 bits per heavy atom. The fraction of sp³-hybridized carbons (Fsp3) is 0.579. The first-order valence-corrected chi connectivity index (χ1v) is 9.11. The Labute approximate surface area is 155 Å². The molecule has 0 saturated carbocycles. The van der Waals surface area contributed by atoms with E-state index in [4.69, 9.17) is 17.3 Å². The van der Waals surface area contributed by atoms with Crippen molar-refractivity contribution in [3.8, 4) is 0 Å². The first-order chi connectivity index (χ1) is 11.7. The molecule has 1 aliphatic heterocycles. The van der Waals surface area contributed by atoms with Crippen LogP contribution in [-0.2, 0) is 4.79 Å². The molecular weight excluding hydrogens is 338 g/mol. The van der Waals surface area contributed by atoms with Gasteiger partial charge in [-0.1, -0.05) is 25.4 Å². The van der Waals surface area contributed by atoms with E-state index in [-0.39, 0.29) is 23.1 Å². The molecule has 0 spiro atoms. The van der Waals surface area contributed by atoms with Crippen molar-refractivity contribution in [3.63, 3.8) is 0 Å². The first kappa shape index (κ1) is 19.7. The monoisotopic (exact) mass is 365 g/mol. The first-order valence-electron chi connectivity index (χ1n) is 8.73. The molecule has 0 aromatic heterocycles. The number of halogens is 1. The quantitative estimate of drug-likeness (QED) is 0.872. The number of amides is 2. The zero-order valence-electron chi connectivity index (χ0n) is 15.3. The Bertz CT molecular complexity index is 616. The van der Waals surface area contributed by atoms with E-state index in [1.54, 1.807) is 34.1 Å². The summed E-state index contributed by atoms with van der Waals surface area (Å²) < 4.78 is 0. The Morgan fingerprint density at radius 1 is 1.32 bits per heavy atom. The number of nitrogens with two attached hydrogens (primary N) is 1. The van der Waals surface area contributed by atoms with Crippen molar-refractivity contribution in [3.05, 3.63) is 34.9 Å². The van der Waals surface area contributed by atoms with Crippen LogP contribution in [0.4, 0.5) is 0 Å². The van der Waals surface area contributed by atoms with Crippen molar-refractivity contribution in [2.45, 2.75) is 26.7 Å². The summed E-state index contributed by atoms with van der Waals surface area (Å²) in [6, 6.07) is 6.88. The highest BCUT2D eigenvalue weighted by Crippen LogP contribution is 2.23. The number of benzene rings is 1. The van der Waals surface area contributed by atoms with Gasteiger partial charge in [-0.15, -0.1) is 0 Å². The summed E-state index contributed by atoms with van der Waals surface area (Å²) in [4.78, 5) is 29.0. The highest BCUT2D eigenvalue weighted by atomic mass is 35.5. The van der Waals surface area contributed by atoms with E-state index >= 15 is 0 Å². The molecular formula is C19H28ClN3O2. The highest BCUT2D eigenvalue weighted by Gasteiger charge is 2.32. The fourth-order valence-electron chi connectivity index (χ4n) is 3.23. The van der Waals surface area contributed by atoms with E-state index in [1.807, 2.05) is 20.9 Å². The van der Waals surface area contributed by atoms with Crippen LogP contribution >= 0.6 is 11.6 Å². The number of piperidine rings is 1. The molecule has 2 N–H and O–H groups in total. The Hall–Kier alpha value is -1.59. The molecule has 6 heteroatoms. The summed E-state index contributed by atoms with van der Waals surface area (Å²) in [5, 5.41) is 0.604. The standard InChI is InChI=1S/C19H28ClN3O2/c1-19(2,12-21)13-22(3)17(24)15-5-4-10-23(11-15)18(25)14-6-8-16(20)9-7-14/h6-9,15H,4-5,10-13,21H2,1-3H3. The fourth-order valence-corrected chi connectivity index (χ4v) is 3.36. The highest BCUT2D eigenvalue weighted by molar-refractivity contribution is 6.30. The Balaban J connectivity index is 2.01. The lowest BCUT2D eigenvalue weighted by atomic mass is 9.91. The third kappa shape index (κ3) is 5.19. The van der Waals surface area contributed by atoms with Crippen LogP contribution in [0.5, 0.6) is 0 Å². The number of hydrogen-bond donors (Lipinski definition) is 1. The van der Waals surface area contributed by atoms with Crippen molar-refractivity contribution in [1.29, 1.82) is 0 Å². The molecule has 2 amide bonds. The molecule has 1 unspecified atom stereocenters. The second-order valence-electron chi connectivity index (χ2n) is 7.66. The average Bonchev–Trinajstić information content (AvgIpc) is 2.61. The lowest BCUT2D eigenvalue weighted by molar-refractivity contribution is -0.136. The predicted molar refractivity (Wildman–Crippen MR) is 101 cm³/mol. The van der Waals surface area contributed by atoms with E-state index in [9.17, 15) is 9.59 Å². The van der Waals surface area contributed by atoms with Crippen molar-refractivity contribution < 1.29 is 9.59 Å². The van der Waals surface area contributed by atoms with Gasteiger partial charge in [-0.2, -0.15) is 0 Å². The van der Waals surface area contributed by atoms with Gasteiger partial charge in [0.15, 0.2) is 0 Å². The van der Waals surface area contributed by atoms with E-state index < -0.39 is 0 Å². The molecule has 5 nitrogen and oxygen atoms in total. The second-order valence-corrected chi connectivity index (χ2v) is 8.10. The van der Waals surface area contributed by atoms with Crippen LogP contribution < -0.4 is 5.73 Å². The smallest absolute Gasteiger partial charge is 0.253 e. The minimum absolute atomic E-state index is 0.0425. The maximum atomic E-state index is 12.8. The molecule has 25 heavy (non-hydrogen) atoms. The largest absolute Gasteiger partial charge is 0.345 e. The maximum absolute atomic E-state index is 12.8. The number of carbonyl (C=O) groups is 2. The summed E-state index contributed by atoms with van der Waals surface area (Å²) >= 11 is 5.88. The van der Waals surface area contributed by atoms with Gasteiger partial charge in [-0.3, -0.25) is 9.59 Å². The molecule has 0 aliphatic carbocycles. The van der Waals surface area contributed by atoms with Crippen LogP contribution in [0.15, 0.2) is 24.3 Å². The second kappa shape index (κ2) is 8.19. The molecule has 138 valence electrons. The number of rotatable bonds is 5.